The summed E-state index contributed by atoms with van der Waals surface area (Å²) >= 11 is 0. The van der Waals surface area contributed by atoms with E-state index in [0.717, 1.165) is 12.8 Å². The summed E-state index contributed by atoms with van der Waals surface area (Å²) < 4.78 is 17.1. The van der Waals surface area contributed by atoms with Gasteiger partial charge < -0.3 is 35.5 Å². The Morgan fingerprint density at radius 3 is 1.56 bits per heavy atom. The molecule has 0 aliphatic rings. The molecule has 11 nitrogen and oxygen atoms in total. The Hall–Kier alpha value is -2.24. The summed E-state index contributed by atoms with van der Waals surface area (Å²) in [7, 11) is 3.09. The molecule has 11 heteroatoms. The number of rotatable bonds is 20. The van der Waals surface area contributed by atoms with Crippen molar-refractivity contribution in [3.8, 4) is 0 Å². The second kappa shape index (κ2) is 19.1. The number of ether oxygens (including phenoxy) is 3. The number of amides is 4. The minimum absolute atomic E-state index is 0.0371. The first-order valence-electron chi connectivity index (χ1n) is 12.0. The standard InChI is InChI=1S/C23H44N4O7/c1-6-8-18(3)26-22(31)11-14-34-17-23(27-19(28)7-2,15-32-12-9-20(29)24-4)16-33-13-10-21(30)25-5/h18H,6-17H2,1-5H3,(H,24,29)(H,25,30)(H,26,31)(H,27,28). The molecule has 0 aromatic heterocycles. The van der Waals surface area contributed by atoms with Crippen LogP contribution in [0.25, 0.3) is 0 Å². The molecular formula is C23H44N4O7. The van der Waals surface area contributed by atoms with Gasteiger partial charge in [0.1, 0.15) is 5.54 Å². The lowest BCUT2D eigenvalue weighted by Gasteiger charge is -2.34. The van der Waals surface area contributed by atoms with Crippen molar-refractivity contribution in [3.63, 3.8) is 0 Å². The first kappa shape index (κ1) is 31.8. The third-order valence-electron chi connectivity index (χ3n) is 4.97. The predicted octanol–water partition coefficient (Wildman–Crippen LogP) is 0.268. The summed E-state index contributed by atoms with van der Waals surface area (Å²) in [6.07, 6.45) is 2.65. The Kier molecular flexibility index (Phi) is 17.8. The fourth-order valence-corrected chi connectivity index (χ4v) is 3.02. The van der Waals surface area contributed by atoms with Gasteiger partial charge in [-0.3, -0.25) is 19.2 Å². The second-order valence-electron chi connectivity index (χ2n) is 8.19. The first-order chi connectivity index (χ1) is 16.2. The zero-order valence-electron chi connectivity index (χ0n) is 21.4. The van der Waals surface area contributed by atoms with E-state index < -0.39 is 5.54 Å². The van der Waals surface area contributed by atoms with Gasteiger partial charge in [-0.15, -0.1) is 0 Å². The van der Waals surface area contributed by atoms with Crippen LogP contribution in [0.3, 0.4) is 0 Å². The van der Waals surface area contributed by atoms with Crippen LogP contribution >= 0.6 is 0 Å². The Labute approximate surface area is 203 Å². The van der Waals surface area contributed by atoms with Gasteiger partial charge in [0.25, 0.3) is 0 Å². The van der Waals surface area contributed by atoms with Crippen molar-refractivity contribution in [3.05, 3.63) is 0 Å². The van der Waals surface area contributed by atoms with Crippen LogP contribution in [0, 0.1) is 0 Å². The molecule has 0 spiro atoms. The zero-order chi connectivity index (χ0) is 25.8. The molecule has 198 valence electrons. The lowest BCUT2D eigenvalue weighted by atomic mass is 10.0. The van der Waals surface area contributed by atoms with Crippen LogP contribution in [0.5, 0.6) is 0 Å². The highest BCUT2D eigenvalue weighted by molar-refractivity contribution is 5.77. The maximum atomic E-state index is 12.3. The second-order valence-corrected chi connectivity index (χ2v) is 8.19. The largest absolute Gasteiger partial charge is 0.378 e. The molecule has 0 bridgehead atoms. The van der Waals surface area contributed by atoms with Crippen molar-refractivity contribution < 1.29 is 33.4 Å². The number of nitrogens with one attached hydrogen (secondary N) is 4. The van der Waals surface area contributed by atoms with E-state index in [2.05, 4.69) is 28.2 Å². The Morgan fingerprint density at radius 2 is 1.18 bits per heavy atom. The maximum absolute atomic E-state index is 12.3. The molecule has 1 unspecified atom stereocenters. The maximum Gasteiger partial charge on any atom is 0.222 e. The van der Waals surface area contributed by atoms with E-state index in [1.165, 1.54) is 0 Å². The molecule has 0 saturated carbocycles. The molecule has 0 saturated heterocycles. The number of carbonyl (C=O) groups is 4. The van der Waals surface area contributed by atoms with Gasteiger partial charge in [0, 0.05) is 45.8 Å². The van der Waals surface area contributed by atoms with Crippen molar-refractivity contribution in [2.45, 2.75) is 70.9 Å². The van der Waals surface area contributed by atoms with Gasteiger partial charge in [0.2, 0.25) is 23.6 Å². The van der Waals surface area contributed by atoms with E-state index >= 15 is 0 Å². The first-order valence-corrected chi connectivity index (χ1v) is 12.0. The molecule has 0 heterocycles. The highest BCUT2D eigenvalue weighted by atomic mass is 16.5. The summed E-state index contributed by atoms with van der Waals surface area (Å²) in [5.74, 6) is -0.651. The molecule has 0 aromatic rings. The van der Waals surface area contributed by atoms with E-state index in [9.17, 15) is 19.2 Å². The molecule has 4 N–H and O–H groups in total. The highest BCUT2D eigenvalue weighted by Crippen LogP contribution is 2.11. The monoisotopic (exact) mass is 488 g/mol. The van der Waals surface area contributed by atoms with Crippen molar-refractivity contribution >= 4 is 23.6 Å². The molecule has 0 fully saturated rings. The fourth-order valence-electron chi connectivity index (χ4n) is 3.02. The Bertz CT molecular complexity index is 592. The number of carbonyl (C=O) groups excluding carboxylic acids is 4. The van der Waals surface area contributed by atoms with Crippen LogP contribution in [-0.2, 0) is 33.4 Å². The molecule has 1 atom stereocenters. The van der Waals surface area contributed by atoms with Crippen LogP contribution in [-0.4, -0.2) is 88.9 Å². The van der Waals surface area contributed by atoms with Crippen LogP contribution in [0.4, 0.5) is 0 Å². The minimum atomic E-state index is -1.04. The Morgan fingerprint density at radius 1 is 0.735 bits per heavy atom. The number of hydrogen-bond donors (Lipinski definition) is 4. The topological polar surface area (TPSA) is 144 Å². The van der Waals surface area contributed by atoms with E-state index in [0.29, 0.717) is 0 Å². The Balaban J connectivity index is 5.04. The summed E-state index contributed by atoms with van der Waals surface area (Å²) in [5, 5.41) is 10.9. The van der Waals surface area contributed by atoms with E-state index in [1.54, 1.807) is 21.0 Å². The molecular weight excluding hydrogens is 444 g/mol. The van der Waals surface area contributed by atoms with Crippen molar-refractivity contribution in [1.82, 2.24) is 21.3 Å². The molecule has 0 radical (unpaired) electrons. The van der Waals surface area contributed by atoms with Gasteiger partial charge in [-0.2, -0.15) is 0 Å². The fraction of sp³-hybridized carbons (Fsp3) is 0.826. The number of hydrogen-bond acceptors (Lipinski definition) is 7. The molecule has 0 aromatic carbocycles. The average molecular weight is 489 g/mol. The third kappa shape index (κ3) is 15.6. The van der Waals surface area contributed by atoms with Gasteiger partial charge in [-0.05, 0) is 13.3 Å². The van der Waals surface area contributed by atoms with Crippen LogP contribution in [0.15, 0.2) is 0 Å². The smallest absolute Gasteiger partial charge is 0.222 e. The summed E-state index contributed by atoms with van der Waals surface area (Å²) in [6.45, 7) is 6.32. The van der Waals surface area contributed by atoms with Gasteiger partial charge in [0.05, 0.1) is 39.6 Å². The lowest BCUT2D eigenvalue weighted by molar-refractivity contribution is -0.130. The third-order valence-corrected chi connectivity index (χ3v) is 4.97. The van der Waals surface area contributed by atoms with E-state index in [1.807, 2.05) is 6.92 Å². The van der Waals surface area contributed by atoms with E-state index in [4.69, 9.17) is 14.2 Å². The van der Waals surface area contributed by atoms with Gasteiger partial charge in [-0.1, -0.05) is 20.3 Å². The van der Waals surface area contributed by atoms with Crippen molar-refractivity contribution in [2.24, 2.45) is 0 Å². The summed E-state index contributed by atoms with van der Waals surface area (Å²) in [4.78, 5) is 47.3. The zero-order valence-corrected chi connectivity index (χ0v) is 21.4. The van der Waals surface area contributed by atoms with Gasteiger partial charge in [0.15, 0.2) is 0 Å². The minimum Gasteiger partial charge on any atom is -0.378 e. The molecule has 4 amide bonds. The summed E-state index contributed by atoms with van der Waals surface area (Å²) in [5.41, 5.74) is -1.04. The van der Waals surface area contributed by atoms with Gasteiger partial charge >= 0.3 is 0 Å². The van der Waals surface area contributed by atoms with Crippen LogP contribution in [0.2, 0.25) is 0 Å². The molecule has 0 aliphatic carbocycles. The normalized spacial score (nSPS) is 12.0. The summed E-state index contributed by atoms with van der Waals surface area (Å²) in [6, 6.07) is 0.0999. The van der Waals surface area contributed by atoms with Crippen molar-refractivity contribution in [1.29, 1.82) is 0 Å². The van der Waals surface area contributed by atoms with Crippen LogP contribution in [0.1, 0.15) is 59.3 Å². The van der Waals surface area contributed by atoms with Crippen molar-refractivity contribution in [2.75, 3.05) is 53.7 Å². The quantitative estimate of drug-likeness (QED) is 0.180. The highest BCUT2D eigenvalue weighted by Gasteiger charge is 2.33. The molecule has 34 heavy (non-hydrogen) atoms. The van der Waals surface area contributed by atoms with Gasteiger partial charge in [-0.25, -0.2) is 0 Å². The average Bonchev–Trinajstić information content (AvgIpc) is 2.81. The predicted molar refractivity (Wildman–Crippen MR) is 128 cm³/mol. The van der Waals surface area contributed by atoms with E-state index in [-0.39, 0.29) is 95.0 Å². The molecule has 0 aliphatic heterocycles. The lowest BCUT2D eigenvalue weighted by Crippen LogP contribution is -2.58. The molecule has 0 rings (SSSR count). The van der Waals surface area contributed by atoms with Crippen LogP contribution < -0.4 is 21.3 Å². The SMILES string of the molecule is CCCC(C)NC(=O)CCOCC(COCCC(=O)NC)(COCCC(=O)NC)NC(=O)CC.